The van der Waals surface area contributed by atoms with Gasteiger partial charge in [0.05, 0.1) is 23.7 Å². The molecule has 1 aromatic rings. The molecular formula is C10H11NO5. The smallest absolute Gasteiger partial charge is 0.274 e. The van der Waals surface area contributed by atoms with Gasteiger partial charge in [-0.05, 0) is 0 Å². The molecule has 0 spiro atoms. The van der Waals surface area contributed by atoms with Crippen LogP contribution in [0.4, 0.5) is 5.69 Å². The predicted octanol–water partition coefficient (Wildman–Crippen LogP) is 1.90. The lowest BCUT2D eigenvalue weighted by molar-refractivity contribution is -0.385. The quantitative estimate of drug-likeness (QED) is 0.480. The van der Waals surface area contributed by atoms with Crippen LogP contribution in [0.25, 0.3) is 0 Å². The lowest BCUT2D eigenvalue weighted by atomic mass is 10.1. The van der Waals surface area contributed by atoms with Crippen molar-refractivity contribution in [3.8, 4) is 11.5 Å². The highest BCUT2D eigenvalue weighted by atomic mass is 16.6. The number of ether oxygens (including phenoxy) is 1. The number of hydrogen-bond acceptors (Lipinski definition) is 5. The third kappa shape index (κ3) is 2.10. The van der Waals surface area contributed by atoms with E-state index in [0.717, 1.165) is 12.1 Å². The molecule has 0 aromatic heterocycles. The van der Waals surface area contributed by atoms with Gasteiger partial charge in [-0.15, -0.1) is 0 Å². The van der Waals surface area contributed by atoms with Crippen LogP contribution in [0, 0.1) is 10.1 Å². The Kier molecular flexibility index (Phi) is 3.44. The zero-order valence-corrected chi connectivity index (χ0v) is 8.89. The van der Waals surface area contributed by atoms with Crippen LogP contribution in [-0.4, -0.2) is 22.9 Å². The largest absolute Gasteiger partial charge is 0.504 e. The summed E-state index contributed by atoms with van der Waals surface area (Å²) in [7, 11) is 1.26. The summed E-state index contributed by atoms with van der Waals surface area (Å²) >= 11 is 0. The first kappa shape index (κ1) is 12.0. The monoisotopic (exact) mass is 225 g/mol. The summed E-state index contributed by atoms with van der Waals surface area (Å²) in [5.74, 6) is -0.814. The summed E-state index contributed by atoms with van der Waals surface area (Å²) in [4.78, 5) is 21.4. The van der Waals surface area contributed by atoms with Gasteiger partial charge in [-0.25, -0.2) is 0 Å². The number of phenols is 1. The Hall–Kier alpha value is -2.11. The number of benzene rings is 1. The van der Waals surface area contributed by atoms with Crippen molar-refractivity contribution in [1.29, 1.82) is 0 Å². The molecular weight excluding hydrogens is 214 g/mol. The van der Waals surface area contributed by atoms with Crippen LogP contribution >= 0.6 is 0 Å². The molecule has 0 saturated carbocycles. The van der Waals surface area contributed by atoms with Crippen molar-refractivity contribution in [2.75, 3.05) is 7.11 Å². The fourth-order valence-electron chi connectivity index (χ4n) is 1.26. The van der Waals surface area contributed by atoms with E-state index in [1.165, 1.54) is 7.11 Å². The minimum Gasteiger partial charge on any atom is -0.504 e. The maximum absolute atomic E-state index is 11.4. The van der Waals surface area contributed by atoms with Crippen LogP contribution < -0.4 is 4.74 Å². The molecule has 0 amide bonds. The van der Waals surface area contributed by atoms with Crippen molar-refractivity contribution < 1.29 is 19.6 Å². The van der Waals surface area contributed by atoms with Crippen molar-refractivity contribution in [2.24, 2.45) is 0 Å². The Labute approximate surface area is 91.6 Å². The summed E-state index contributed by atoms with van der Waals surface area (Å²) in [6.45, 7) is 1.60. The molecule has 0 aliphatic heterocycles. The van der Waals surface area contributed by atoms with Crippen LogP contribution in [-0.2, 0) is 0 Å². The number of rotatable bonds is 4. The van der Waals surface area contributed by atoms with E-state index in [0.29, 0.717) is 0 Å². The lowest BCUT2D eigenvalue weighted by Crippen LogP contribution is -2.01. The van der Waals surface area contributed by atoms with Crippen molar-refractivity contribution in [2.45, 2.75) is 13.3 Å². The van der Waals surface area contributed by atoms with Gasteiger partial charge in [0.15, 0.2) is 17.3 Å². The number of non-ortho nitro benzene ring substituents is 1. The van der Waals surface area contributed by atoms with Gasteiger partial charge in [-0.3, -0.25) is 14.9 Å². The van der Waals surface area contributed by atoms with E-state index in [-0.39, 0.29) is 35.0 Å². The highest BCUT2D eigenvalue weighted by Gasteiger charge is 2.20. The number of carbonyl (C=O) groups is 1. The summed E-state index contributed by atoms with van der Waals surface area (Å²) in [5.41, 5.74) is -0.375. The molecule has 1 N–H and O–H groups in total. The number of hydrogen-bond donors (Lipinski definition) is 1. The molecule has 0 atom stereocenters. The number of ketones is 1. The standard InChI is InChI=1S/C10H11NO5/c1-3-8(12)7-4-6(11(14)15)5-9(16-2)10(7)13/h4-5,13H,3H2,1-2H3. The van der Waals surface area contributed by atoms with E-state index in [2.05, 4.69) is 0 Å². The van der Waals surface area contributed by atoms with E-state index in [9.17, 15) is 20.0 Å². The number of nitrogens with zero attached hydrogens (tertiary/aromatic N) is 1. The Bertz CT molecular complexity index is 441. The number of carbonyl (C=O) groups excluding carboxylic acids is 1. The molecule has 6 nitrogen and oxygen atoms in total. The van der Waals surface area contributed by atoms with E-state index >= 15 is 0 Å². The second kappa shape index (κ2) is 4.61. The molecule has 0 bridgehead atoms. The zero-order chi connectivity index (χ0) is 12.3. The lowest BCUT2D eigenvalue weighted by Gasteiger charge is -2.07. The van der Waals surface area contributed by atoms with Gasteiger partial charge in [-0.1, -0.05) is 6.92 Å². The first-order valence-electron chi connectivity index (χ1n) is 4.59. The third-order valence-corrected chi connectivity index (χ3v) is 2.11. The van der Waals surface area contributed by atoms with E-state index in [1.807, 2.05) is 0 Å². The zero-order valence-electron chi connectivity index (χ0n) is 8.89. The van der Waals surface area contributed by atoms with Gasteiger partial charge in [0.2, 0.25) is 0 Å². The topological polar surface area (TPSA) is 89.7 Å². The minimum atomic E-state index is -0.644. The molecule has 0 unspecified atom stereocenters. The highest BCUT2D eigenvalue weighted by Crippen LogP contribution is 2.34. The first-order chi connectivity index (χ1) is 7.51. The number of Topliss-reactive ketones (excluding diaryl/α,β-unsaturated/α-hetero) is 1. The molecule has 0 heterocycles. The fourth-order valence-corrected chi connectivity index (χ4v) is 1.26. The average molecular weight is 225 g/mol. The molecule has 86 valence electrons. The molecule has 0 aliphatic carbocycles. The molecule has 0 saturated heterocycles. The number of nitro benzene ring substituents is 1. The van der Waals surface area contributed by atoms with Crippen LogP contribution in [0.2, 0.25) is 0 Å². The molecule has 0 aliphatic rings. The second-order valence-electron chi connectivity index (χ2n) is 3.08. The predicted molar refractivity (Wildman–Crippen MR) is 55.9 cm³/mol. The Morgan fingerprint density at radius 2 is 2.19 bits per heavy atom. The first-order valence-corrected chi connectivity index (χ1v) is 4.59. The Balaban J connectivity index is 3.41. The third-order valence-electron chi connectivity index (χ3n) is 2.11. The van der Waals surface area contributed by atoms with E-state index in [1.54, 1.807) is 6.92 Å². The average Bonchev–Trinajstić information content (AvgIpc) is 2.28. The number of phenolic OH excluding ortho intramolecular Hbond substituents is 1. The van der Waals surface area contributed by atoms with Gasteiger partial charge in [0.1, 0.15) is 0 Å². The van der Waals surface area contributed by atoms with Gasteiger partial charge < -0.3 is 9.84 Å². The van der Waals surface area contributed by atoms with Gasteiger partial charge in [0.25, 0.3) is 5.69 Å². The number of nitro groups is 1. The minimum absolute atomic E-state index is 0.0778. The summed E-state index contributed by atoms with van der Waals surface area (Å²) < 4.78 is 4.76. The normalized spacial score (nSPS) is 9.88. The van der Waals surface area contributed by atoms with E-state index < -0.39 is 4.92 Å². The van der Waals surface area contributed by atoms with Crippen molar-refractivity contribution in [3.05, 3.63) is 27.8 Å². The Morgan fingerprint density at radius 1 is 1.56 bits per heavy atom. The maximum atomic E-state index is 11.4. The highest BCUT2D eigenvalue weighted by molar-refractivity contribution is 5.99. The molecule has 0 radical (unpaired) electrons. The van der Waals surface area contributed by atoms with Crippen LogP contribution in [0.15, 0.2) is 12.1 Å². The summed E-state index contributed by atoms with van der Waals surface area (Å²) in [6.07, 6.45) is 0.151. The van der Waals surface area contributed by atoms with Crippen LogP contribution in [0.5, 0.6) is 11.5 Å². The molecule has 1 aromatic carbocycles. The molecule has 16 heavy (non-hydrogen) atoms. The van der Waals surface area contributed by atoms with Gasteiger partial charge in [0, 0.05) is 12.5 Å². The van der Waals surface area contributed by atoms with E-state index in [4.69, 9.17) is 4.74 Å². The molecule has 0 fully saturated rings. The fraction of sp³-hybridized carbons (Fsp3) is 0.300. The van der Waals surface area contributed by atoms with Gasteiger partial charge >= 0.3 is 0 Å². The summed E-state index contributed by atoms with van der Waals surface area (Å²) in [5, 5.41) is 20.2. The van der Waals surface area contributed by atoms with Crippen molar-refractivity contribution in [1.82, 2.24) is 0 Å². The van der Waals surface area contributed by atoms with Crippen LogP contribution in [0.3, 0.4) is 0 Å². The van der Waals surface area contributed by atoms with Crippen molar-refractivity contribution >= 4 is 11.5 Å². The maximum Gasteiger partial charge on any atom is 0.274 e. The van der Waals surface area contributed by atoms with Gasteiger partial charge in [-0.2, -0.15) is 0 Å². The Morgan fingerprint density at radius 3 is 2.62 bits per heavy atom. The van der Waals surface area contributed by atoms with Crippen molar-refractivity contribution in [3.63, 3.8) is 0 Å². The second-order valence-corrected chi connectivity index (χ2v) is 3.08. The van der Waals surface area contributed by atoms with Crippen LogP contribution in [0.1, 0.15) is 23.7 Å². The summed E-state index contributed by atoms with van der Waals surface area (Å²) in [6, 6.07) is 2.12. The number of methoxy groups -OCH3 is 1. The molecule has 6 heteroatoms. The molecule has 1 rings (SSSR count). The SMILES string of the molecule is CCC(=O)c1cc([N+](=O)[O-])cc(OC)c1O. The number of aromatic hydroxyl groups is 1.